The molecule has 44 heavy (non-hydrogen) atoms. The molecule has 0 spiro atoms. The summed E-state index contributed by atoms with van der Waals surface area (Å²) in [5, 5.41) is 0. The summed E-state index contributed by atoms with van der Waals surface area (Å²) in [6.07, 6.45) is 4.04. The third-order valence-corrected chi connectivity index (χ3v) is 9.08. The molecule has 2 aliphatic heterocycles. The van der Waals surface area contributed by atoms with Crippen molar-refractivity contribution in [1.29, 1.82) is 0 Å². The molecule has 8 nitrogen and oxygen atoms in total. The Bertz CT molecular complexity index is 1480. The van der Waals surface area contributed by atoms with Crippen molar-refractivity contribution in [3.05, 3.63) is 96.1 Å². The van der Waals surface area contributed by atoms with E-state index in [2.05, 4.69) is 34.3 Å². The molecule has 4 aromatic carbocycles. The van der Waals surface area contributed by atoms with Crippen LogP contribution in [0.4, 0.5) is 11.4 Å². The molecule has 0 radical (unpaired) electrons. The summed E-state index contributed by atoms with van der Waals surface area (Å²) < 4.78 is 32.9. The second-order valence-corrected chi connectivity index (χ2v) is 12.3. The lowest BCUT2D eigenvalue weighted by Gasteiger charge is -2.10. The Balaban J connectivity index is 0.981. The highest BCUT2D eigenvalue weighted by Gasteiger charge is 2.24. The summed E-state index contributed by atoms with van der Waals surface area (Å²) >= 11 is 0. The van der Waals surface area contributed by atoms with Gasteiger partial charge in [0.2, 0.25) is 0 Å². The molecule has 6 rings (SSSR count). The molecule has 4 aromatic rings. The molecule has 0 amide bonds. The molecule has 2 aliphatic rings. The van der Waals surface area contributed by atoms with Gasteiger partial charge in [0.1, 0.15) is 25.4 Å². The van der Waals surface area contributed by atoms with Gasteiger partial charge in [0, 0.05) is 22.2 Å². The van der Waals surface area contributed by atoms with E-state index in [0.717, 1.165) is 45.5 Å². The third kappa shape index (κ3) is 8.79. The first-order chi connectivity index (χ1) is 21.6. The van der Waals surface area contributed by atoms with Crippen LogP contribution in [0, 0.1) is 0 Å². The topological polar surface area (TPSA) is 86.7 Å². The van der Waals surface area contributed by atoms with E-state index >= 15 is 0 Å². The lowest BCUT2D eigenvalue weighted by atomic mass is 10.2. The molecule has 0 bridgehead atoms. The fourth-order valence-corrected chi connectivity index (χ4v) is 5.96. The fourth-order valence-electron chi connectivity index (χ4n) is 4.03. The van der Waals surface area contributed by atoms with Gasteiger partial charge in [0.05, 0.1) is 38.8 Å². The van der Waals surface area contributed by atoms with Crippen LogP contribution in [0.1, 0.15) is 11.1 Å². The number of hydrogen-bond donors (Lipinski definition) is 0. The van der Waals surface area contributed by atoms with Crippen LogP contribution in [-0.4, -0.2) is 65.3 Å². The second kappa shape index (κ2) is 14.7. The smallest absolute Gasteiger partial charge is 0.161 e. The Morgan fingerprint density at radius 2 is 1.02 bits per heavy atom. The number of nitrogens with zero attached hydrogens (tertiary/aromatic N) is 2. The molecule has 2 heterocycles. The molecule has 2 saturated heterocycles. The van der Waals surface area contributed by atoms with Crippen LogP contribution in [0.3, 0.4) is 0 Å². The van der Waals surface area contributed by atoms with Gasteiger partial charge >= 0.3 is 0 Å². The zero-order valence-electron chi connectivity index (χ0n) is 24.4. The van der Waals surface area contributed by atoms with E-state index < -0.39 is 0 Å². The maximum atomic E-state index is 5.78. The van der Waals surface area contributed by atoms with Crippen LogP contribution < -0.4 is 18.9 Å². The Morgan fingerprint density at radius 1 is 0.614 bits per heavy atom. The Kier molecular flexibility index (Phi) is 10.0. The van der Waals surface area contributed by atoms with Gasteiger partial charge in [0.25, 0.3) is 0 Å². The molecule has 0 N–H and O–H groups in total. The van der Waals surface area contributed by atoms with Gasteiger partial charge in [-0.2, -0.15) is 0 Å². The van der Waals surface area contributed by atoms with E-state index in [4.69, 9.17) is 28.4 Å². The van der Waals surface area contributed by atoms with Crippen molar-refractivity contribution >= 4 is 45.4 Å². The van der Waals surface area contributed by atoms with Gasteiger partial charge < -0.3 is 28.4 Å². The standard InChI is InChI=1S/C34H32N2O6S2/c1-37-33-15-23(3-13-31(33)41-21-27-19-39-27)17-35-25-5-9-29(10-6-25)43-44-30-11-7-26(8-12-30)36-18-24-4-14-32(34(16-24)38-2)42-22-28-20-40-28/h3-18,27-28H,19-22H2,1-2H3. The number of methoxy groups -OCH3 is 2. The molecule has 226 valence electrons. The van der Waals surface area contributed by atoms with Crippen LogP contribution in [-0.2, 0) is 9.47 Å². The van der Waals surface area contributed by atoms with E-state index in [1.807, 2.05) is 73.1 Å². The van der Waals surface area contributed by atoms with E-state index in [0.29, 0.717) is 36.2 Å². The lowest BCUT2D eigenvalue weighted by Crippen LogP contribution is -2.05. The second-order valence-electron chi connectivity index (χ2n) is 10.0. The molecular formula is C34H32N2O6S2. The molecule has 2 unspecified atom stereocenters. The maximum Gasteiger partial charge on any atom is 0.161 e. The normalized spacial score (nSPS) is 17.1. The minimum absolute atomic E-state index is 0.195. The van der Waals surface area contributed by atoms with Crippen molar-refractivity contribution in [1.82, 2.24) is 0 Å². The summed E-state index contributed by atoms with van der Waals surface area (Å²) in [6, 6.07) is 27.9. The van der Waals surface area contributed by atoms with Crippen molar-refractivity contribution in [3.63, 3.8) is 0 Å². The highest BCUT2D eigenvalue weighted by molar-refractivity contribution is 8.76. The van der Waals surface area contributed by atoms with Crippen LogP contribution in [0.25, 0.3) is 0 Å². The summed E-state index contributed by atoms with van der Waals surface area (Å²) in [5.74, 6) is 2.76. The van der Waals surface area contributed by atoms with E-state index in [1.54, 1.807) is 35.8 Å². The summed E-state index contributed by atoms with van der Waals surface area (Å²) in [4.78, 5) is 11.5. The first-order valence-electron chi connectivity index (χ1n) is 14.1. The van der Waals surface area contributed by atoms with Crippen LogP contribution in [0.2, 0.25) is 0 Å². The average Bonchev–Trinajstić information content (AvgIpc) is 4.01. The van der Waals surface area contributed by atoms with Gasteiger partial charge in [-0.15, -0.1) is 0 Å². The number of hydrogen-bond acceptors (Lipinski definition) is 10. The number of ether oxygens (including phenoxy) is 6. The number of benzene rings is 4. The quantitative estimate of drug-likeness (QED) is 0.0758. The molecule has 0 aromatic heterocycles. The van der Waals surface area contributed by atoms with Gasteiger partial charge in [-0.1, -0.05) is 21.6 Å². The zero-order chi connectivity index (χ0) is 30.1. The van der Waals surface area contributed by atoms with Gasteiger partial charge in [-0.3, -0.25) is 9.98 Å². The monoisotopic (exact) mass is 628 g/mol. The average molecular weight is 629 g/mol. The van der Waals surface area contributed by atoms with Crippen LogP contribution >= 0.6 is 21.6 Å². The maximum absolute atomic E-state index is 5.78. The fraction of sp³-hybridized carbons (Fsp3) is 0.235. The number of rotatable bonds is 15. The van der Waals surface area contributed by atoms with Crippen LogP contribution in [0.15, 0.2) is 105 Å². The van der Waals surface area contributed by atoms with Gasteiger partial charge in [-0.25, -0.2) is 0 Å². The van der Waals surface area contributed by atoms with Crippen molar-refractivity contribution in [3.8, 4) is 23.0 Å². The minimum Gasteiger partial charge on any atom is -0.493 e. The largest absolute Gasteiger partial charge is 0.493 e. The molecule has 2 atom stereocenters. The Hall–Kier alpha value is -3.96. The van der Waals surface area contributed by atoms with Crippen molar-refractivity contribution in [2.45, 2.75) is 22.0 Å². The molecule has 0 aliphatic carbocycles. The Labute approximate surface area is 264 Å². The third-order valence-electron chi connectivity index (χ3n) is 6.66. The molecular weight excluding hydrogens is 597 g/mol. The zero-order valence-corrected chi connectivity index (χ0v) is 26.0. The van der Waals surface area contributed by atoms with Crippen molar-refractivity contribution in [2.75, 3.05) is 40.6 Å². The first-order valence-corrected chi connectivity index (χ1v) is 16.3. The SMILES string of the molecule is COc1cc(C=Nc2ccc(SSc3ccc(N=Cc4ccc(OCC5CO5)c(OC)c4)cc3)cc2)ccc1OCC1CO1. The Morgan fingerprint density at radius 3 is 1.39 bits per heavy atom. The van der Waals surface area contributed by atoms with Gasteiger partial charge in [0.15, 0.2) is 23.0 Å². The summed E-state index contributed by atoms with van der Waals surface area (Å²) in [7, 11) is 6.67. The summed E-state index contributed by atoms with van der Waals surface area (Å²) in [6.45, 7) is 2.58. The van der Waals surface area contributed by atoms with Crippen molar-refractivity contribution < 1.29 is 28.4 Å². The first kappa shape index (κ1) is 30.1. The predicted molar refractivity (Wildman–Crippen MR) is 176 cm³/mol. The molecule has 2 fully saturated rings. The molecule has 0 saturated carbocycles. The highest BCUT2D eigenvalue weighted by atomic mass is 33.1. The predicted octanol–water partition coefficient (Wildman–Crippen LogP) is 7.56. The lowest BCUT2D eigenvalue weighted by molar-refractivity contribution is 0.252. The van der Waals surface area contributed by atoms with Crippen LogP contribution in [0.5, 0.6) is 23.0 Å². The van der Waals surface area contributed by atoms with E-state index in [9.17, 15) is 0 Å². The summed E-state index contributed by atoms with van der Waals surface area (Å²) in [5.41, 5.74) is 3.61. The van der Waals surface area contributed by atoms with Crippen molar-refractivity contribution in [2.24, 2.45) is 9.98 Å². The van der Waals surface area contributed by atoms with E-state index in [-0.39, 0.29) is 12.2 Å². The number of aliphatic imine (C=N–C) groups is 2. The molecule has 10 heteroatoms. The number of epoxide rings is 2. The van der Waals surface area contributed by atoms with Gasteiger partial charge in [-0.05, 0) is 96.1 Å². The highest BCUT2D eigenvalue weighted by Crippen LogP contribution is 2.38. The minimum atomic E-state index is 0.195. The van der Waals surface area contributed by atoms with E-state index in [1.165, 1.54) is 0 Å².